The van der Waals surface area contributed by atoms with Gasteiger partial charge in [-0.25, -0.2) is 0 Å². The van der Waals surface area contributed by atoms with Gasteiger partial charge in [-0.05, 0) is 38.0 Å². The van der Waals surface area contributed by atoms with E-state index < -0.39 is 5.60 Å². The summed E-state index contributed by atoms with van der Waals surface area (Å²) in [7, 11) is 0. The Hall–Kier alpha value is -1.65. The summed E-state index contributed by atoms with van der Waals surface area (Å²) in [6.45, 7) is 7.92. The van der Waals surface area contributed by atoms with E-state index >= 15 is 0 Å². The first kappa shape index (κ1) is 19.7. The van der Waals surface area contributed by atoms with Crippen LogP contribution in [0.15, 0.2) is 59.1 Å². The van der Waals surface area contributed by atoms with Crippen LogP contribution in [0.2, 0.25) is 0 Å². The van der Waals surface area contributed by atoms with Crippen molar-refractivity contribution in [1.82, 2.24) is 4.90 Å². The summed E-state index contributed by atoms with van der Waals surface area (Å²) in [5.74, 6) is -0.155. The molecule has 3 nitrogen and oxygen atoms in total. The van der Waals surface area contributed by atoms with Crippen LogP contribution in [0.5, 0.6) is 0 Å². The lowest BCUT2D eigenvalue weighted by atomic mass is 10.1. The van der Waals surface area contributed by atoms with Crippen LogP contribution in [0.3, 0.4) is 0 Å². The summed E-state index contributed by atoms with van der Waals surface area (Å²) in [4.78, 5) is 14.4. The monoisotopic (exact) mass is 403 g/mol. The predicted molar refractivity (Wildman–Crippen MR) is 105 cm³/mol. The number of hydrogen-bond donors (Lipinski definition) is 0. The lowest BCUT2D eigenvalue weighted by Crippen LogP contribution is -2.29. The van der Waals surface area contributed by atoms with Crippen molar-refractivity contribution in [3.05, 3.63) is 70.2 Å². The third kappa shape index (κ3) is 7.41. The molecule has 0 unspecified atom stereocenters. The molecule has 0 amide bonds. The first-order valence-electron chi connectivity index (χ1n) is 8.55. The molecule has 2 aromatic carbocycles. The van der Waals surface area contributed by atoms with Gasteiger partial charge >= 0.3 is 5.97 Å². The maximum atomic E-state index is 12.1. The first-order valence-corrected chi connectivity index (χ1v) is 9.34. The minimum Gasteiger partial charge on any atom is -0.460 e. The molecule has 0 saturated heterocycles. The highest BCUT2D eigenvalue weighted by atomic mass is 79.9. The van der Waals surface area contributed by atoms with E-state index in [1.807, 2.05) is 57.2 Å². The summed E-state index contributed by atoms with van der Waals surface area (Å²) < 4.78 is 6.53. The second-order valence-corrected chi connectivity index (χ2v) is 7.98. The maximum Gasteiger partial charge on any atom is 0.307 e. The Morgan fingerprint density at radius 3 is 2.28 bits per heavy atom. The highest BCUT2D eigenvalue weighted by Gasteiger charge is 2.17. The van der Waals surface area contributed by atoms with Gasteiger partial charge in [-0.15, -0.1) is 0 Å². The highest BCUT2D eigenvalue weighted by Crippen LogP contribution is 2.19. The number of carbonyl (C=O) groups is 1. The molecule has 4 heteroatoms. The summed E-state index contributed by atoms with van der Waals surface area (Å²) >= 11 is 3.61. The number of benzene rings is 2. The molecule has 2 rings (SSSR count). The second-order valence-electron chi connectivity index (χ2n) is 7.12. The van der Waals surface area contributed by atoms with E-state index in [1.165, 1.54) is 11.1 Å². The van der Waals surface area contributed by atoms with Crippen LogP contribution in [0.4, 0.5) is 0 Å². The van der Waals surface area contributed by atoms with Crippen molar-refractivity contribution in [2.45, 2.75) is 45.9 Å². The van der Waals surface area contributed by atoms with Gasteiger partial charge in [0.25, 0.3) is 0 Å². The van der Waals surface area contributed by atoms with E-state index in [-0.39, 0.29) is 5.97 Å². The number of ether oxygens (including phenoxy) is 1. The average molecular weight is 404 g/mol. The SMILES string of the molecule is CC(C)(C)OC(=O)CCN(Cc1ccccc1)Cc1ccccc1Br. The molecule has 0 saturated carbocycles. The topological polar surface area (TPSA) is 29.5 Å². The molecule has 0 aliphatic carbocycles. The molecule has 0 N–H and O–H groups in total. The molecular weight excluding hydrogens is 378 g/mol. The summed E-state index contributed by atoms with van der Waals surface area (Å²) in [6.07, 6.45) is 0.383. The molecule has 0 radical (unpaired) electrons. The Kier molecular flexibility index (Phi) is 7.21. The number of esters is 1. The van der Waals surface area contributed by atoms with Crippen molar-refractivity contribution >= 4 is 21.9 Å². The number of carbonyl (C=O) groups excluding carboxylic acids is 1. The predicted octanol–water partition coefficient (Wildman–Crippen LogP) is 5.18. The van der Waals surface area contributed by atoms with Gasteiger partial charge < -0.3 is 4.74 Å². The summed E-state index contributed by atoms with van der Waals surface area (Å²) in [6, 6.07) is 18.5. The smallest absolute Gasteiger partial charge is 0.307 e. The zero-order valence-electron chi connectivity index (χ0n) is 15.2. The van der Waals surface area contributed by atoms with E-state index in [0.29, 0.717) is 13.0 Å². The zero-order chi connectivity index (χ0) is 18.3. The molecular formula is C21H26BrNO2. The Morgan fingerprint density at radius 2 is 1.64 bits per heavy atom. The molecule has 0 aliphatic rings. The second kappa shape index (κ2) is 9.16. The minimum absolute atomic E-state index is 0.155. The third-order valence-electron chi connectivity index (χ3n) is 3.65. The summed E-state index contributed by atoms with van der Waals surface area (Å²) in [5.41, 5.74) is 2.01. The van der Waals surface area contributed by atoms with Crippen LogP contribution >= 0.6 is 15.9 Å². The van der Waals surface area contributed by atoms with Gasteiger partial charge in [0.15, 0.2) is 0 Å². The van der Waals surface area contributed by atoms with Gasteiger partial charge in [-0.3, -0.25) is 9.69 Å². The van der Waals surface area contributed by atoms with Crippen molar-refractivity contribution in [3.8, 4) is 0 Å². The summed E-state index contributed by atoms with van der Waals surface area (Å²) in [5, 5.41) is 0. The van der Waals surface area contributed by atoms with Gasteiger partial charge in [0, 0.05) is 24.1 Å². The lowest BCUT2D eigenvalue weighted by molar-refractivity contribution is -0.155. The fourth-order valence-corrected chi connectivity index (χ4v) is 2.98. The normalized spacial score (nSPS) is 11.6. The lowest BCUT2D eigenvalue weighted by Gasteiger charge is -2.24. The largest absolute Gasteiger partial charge is 0.460 e. The van der Waals surface area contributed by atoms with Crippen LogP contribution in [-0.2, 0) is 22.6 Å². The average Bonchev–Trinajstić information content (AvgIpc) is 2.54. The molecule has 0 atom stereocenters. The van der Waals surface area contributed by atoms with E-state index in [4.69, 9.17) is 4.74 Å². The van der Waals surface area contributed by atoms with Crippen molar-refractivity contribution in [2.75, 3.05) is 6.54 Å². The van der Waals surface area contributed by atoms with Crippen molar-refractivity contribution in [2.24, 2.45) is 0 Å². The molecule has 0 heterocycles. The van der Waals surface area contributed by atoms with Gasteiger partial charge in [0.2, 0.25) is 0 Å². The van der Waals surface area contributed by atoms with Crippen molar-refractivity contribution < 1.29 is 9.53 Å². The molecule has 2 aromatic rings. The minimum atomic E-state index is -0.441. The Labute approximate surface area is 159 Å². The molecule has 0 bridgehead atoms. The number of hydrogen-bond acceptors (Lipinski definition) is 3. The quantitative estimate of drug-likeness (QED) is 0.596. The Balaban J connectivity index is 2.04. The molecule has 25 heavy (non-hydrogen) atoms. The van der Waals surface area contributed by atoms with Crippen LogP contribution in [0.1, 0.15) is 38.3 Å². The van der Waals surface area contributed by atoms with Crippen LogP contribution in [0.25, 0.3) is 0 Å². The molecule has 0 aromatic heterocycles. The standard InChI is InChI=1S/C21H26BrNO2/c1-21(2,3)25-20(24)13-14-23(15-17-9-5-4-6-10-17)16-18-11-7-8-12-19(18)22/h4-12H,13-16H2,1-3H3. The van der Waals surface area contributed by atoms with Crippen LogP contribution in [0, 0.1) is 0 Å². The van der Waals surface area contributed by atoms with Gasteiger partial charge in [-0.1, -0.05) is 64.5 Å². The molecule has 134 valence electrons. The van der Waals surface area contributed by atoms with Crippen LogP contribution < -0.4 is 0 Å². The zero-order valence-corrected chi connectivity index (χ0v) is 16.8. The van der Waals surface area contributed by atoms with Gasteiger partial charge in [0.1, 0.15) is 5.60 Å². The van der Waals surface area contributed by atoms with Crippen molar-refractivity contribution in [3.63, 3.8) is 0 Å². The van der Waals surface area contributed by atoms with E-state index in [2.05, 4.69) is 39.0 Å². The van der Waals surface area contributed by atoms with Gasteiger partial charge in [0.05, 0.1) is 6.42 Å². The van der Waals surface area contributed by atoms with Crippen molar-refractivity contribution in [1.29, 1.82) is 0 Å². The molecule has 0 spiro atoms. The number of nitrogens with zero attached hydrogens (tertiary/aromatic N) is 1. The Bertz CT molecular complexity index is 680. The Morgan fingerprint density at radius 1 is 1.00 bits per heavy atom. The fourth-order valence-electron chi connectivity index (χ4n) is 2.57. The number of halogens is 1. The highest BCUT2D eigenvalue weighted by molar-refractivity contribution is 9.10. The van der Waals surface area contributed by atoms with Crippen LogP contribution in [-0.4, -0.2) is 23.0 Å². The fraction of sp³-hybridized carbons (Fsp3) is 0.381. The number of rotatable bonds is 7. The van der Waals surface area contributed by atoms with E-state index in [9.17, 15) is 4.79 Å². The molecule has 0 fully saturated rings. The molecule has 0 aliphatic heterocycles. The van der Waals surface area contributed by atoms with Gasteiger partial charge in [-0.2, -0.15) is 0 Å². The third-order valence-corrected chi connectivity index (χ3v) is 4.43. The van der Waals surface area contributed by atoms with E-state index in [1.54, 1.807) is 0 Å². The first-order chi connectivity index (χ1) is 11.8. The van der Waals surface area contributed by atoms with E-state index in [0.717, 1.165) is 17.6 Å². The maximum absolute atomic E-state index is 12.1.